The van der Waals surface area contributed by atoms with Crippen LogP contribution in [0.3, 0.4) is 0 Å². The summed E-state index contributed by atoms with van der Waals surface area (Å²) in [6.07, 6.45) is 3.62. The van der Waals surface area contributed by atoms with Crippen LogP contribution >= 0.6 is 0 Å². The van der Waals surface area contributed by atoms with Gasteiger partial charge in [-0.05, 0) is 26.3 Å². The van der Waals surface area contributed by atoms with Crippen molar-refractivity contribution in [2.45, 2.75) is 58.6 Å². The molecule has 0 spiro atoms. The number of nitrogens with one attached hydrogen (secondary N) is 1. The Hall–Kier alpha value is -0.980. The first-order valence-electron chi connectivity index (χ1n) is 7.91. The molecule has 0 saturated heterocycles. The molecule has 0 aliphatic carbocycles. The first-order chi connectivity index (χ1) is 10.2. The van der Waals surface area contributed by atoms with Crippen molar-refractivity contribution >= 4 is 0 Å². The van der Waals surface area contributed by atoms with E-state index in [0.717, 1.165) is 25.8 Å². The summed E-state index contributed by atoms with van der Waals surface area (Å²) in [5.74, 6) is 1.29. The summed E-state index contributed by atoms with van der Waals surface area (Å²) < 4.78 is 16.3. The molecule has 0 radical (unpaired) electrons. The van der Waals surface area contributed by atoms with Crippen LogP contribution in [0.15, 0.2) is 4.52 Å². The second kappa shape index (κ2) is 10.7. The van der Waals surface area contributed by atoms with Gasteiger partial charge >= 0.3 is 0 Å². The van der Waals surface area contributed by atoms with Gasteiger partial charge in [0.2, 0.25) is 11.7 Å². The summed E-state index contributed by atoms with van der Waals surface area (Å²) in [7, 11) is 1.70. The van der Waals surface area contributed by atoms with Crippen molar-refractivity contribution in [2.24, 2.45) is 0 Å². The second-order valence-electron chi connectivity index (χ2n) is 5.09. The third kappa shape index (κ3) is 6.54. The maximum absolute atomic E-state index is 5.67. The Morgan fingerprint density at radius 3 is 2.67 bits per heavy atom. The first kappa shape index (κ1) is 18.1. The van der Waals surface area contributed by atoms with Crippen LogP contribution in [0.2, 0.25) is 0 Å². The standard InChI is InChI=1S/C15H29N3O3/c1-5-8-13(20-7-3)15-17-14(21-18-15)10-12(11-19-4)16-9-6-2/h12-13,16H,5-11H2,1-4H3. The lowest BCUT2D eigenvalue weighted by Gasteiger charge is -2.15. The van der Waals surface area contributed by atoms with Gasteiger partial charge in [-0.2, -0.15) is 4.98 Å². The van der Waals surface area contributed by atoms with E-state index in [9.17, 15) is 0 Å². The van der Waals surface area contributed by atoms with Crippen LogP contribution in [0.25, 0.3) is 0 Å². The van der Waals surface area contributed by atoms with Crippen LogP contribution < -0.4 is 5.32 Å². The fraction of sp³-hybridized carbons (Fsp3) is 0.867. The minimum atomic E-state index is -0.0676. The summed E-state index contributed by atoms with van der Waals surface area (Å²) >= 11 is 0. The average Bonchev–Trinajstić information content (AvgIpc) is 2.93. The largest absolute Gasteiger partial charge is 0.383 e. The van der Waals surface area contributed by atoms with Crippen LogP contribution in [0, 0.1) is 0 Å². The van der Waals surface area contributed by atoms with Gasteiger partial charge in [0.1, 0.15) is 6.10 Å². The fourth-order valence-electron chi connectivity index (χ4n) is 2.18. The number of methoxy groups -OCH3 is 1. The first-order valence-corrected chi connectivity index (χ1v) is 7.91. The topological polar surface area (TPSA) is 69.4 Å². The van der Waals surface area contributed by atoms with Gasteiger partial charge in [-0.1, -0.05) is 25.4 Å². The predicted octanol–water partition coefficient (Wildman–Crippen LogP) is 2.50. The molecule has 1 N–H and O–H groups in total. The lowest BCUT2D eigenvalue weighted by atomic mass is 10.2. The van der Waals surface area contributed by atoms with Gasteiger partial charge in [0.15, 0.2) is 0 Å². The zero-order chi connectivity index (χ0) is 15.5. The molecule has 1 heterocycles. The Morgan fingerprint density at radius 2 is 2.05 bits per heavy atom. The Bertz CT molecular complexity index is 365. The van der Waals surface area contributed by atoms with E-state index in [1.54, 1.807) is 7.11 Å². The number of hydrogen-bond acceptors (Lipinski definition) is 6. The van der Waals surface area contributed by atoms with Gasteiger partial charge in [-0.3, -0.25) is 0 Å². The third-order valence-electron chi connectivity index (χ3n) is 3.16. The summed E-state index contributed by atoms with van der Waals surface area (Å²) in [4.78, 5) is 4.48. The highest BCUT2D eigenvalue weighted by atomic mass is 16.5. The molecule has 6 nitrogen and oxygen atoms in total. The molecule has 122 valence electrons. The average molecular weight is 299 g/mol. The van der Waals surface area contributed by atoms with E-state index in [-0.39, 0.29) is 12.1 Å². The smallest absolute Gasteiger partial charge is 0.228 e. The van der Waals surface area contributed by atoms with Crippen LogP contribution in [-0.4, -0.2) is 43.1 Å². The van der Waals surface area contributed by atoms with E-state index in [1.165, 1.54) is 0 Å². The molecule has 0 fully saturated rings. The summed E-state index contributed by atoms with van der Waals surface area (Å²) in [5.41, 5.74) is 0. The minimum Gasteiger partial charge on any atom is -0.383 e. The predicted molar refractivity (Wildman–Crippen MR) is 81.2 cm³/mol. The molecule has 2 unspecified atom stereocenters. The third-order valence-corrected chi connectivity index (χ3v) is 3.16. The molecule has 0 aliphatic heterocycles. The summed E-state index contributed by atoms with van der Waals surface area (Å²) in [5, 5.41) is 7.49. The molecule has 2 atom stereocenters. The molecule has 0 aromatic carbocycles. The maximum Gasteiger partial charge on any atom is 0.228 e. The van der Waals surface area contributed by atoms with E-state index in [4.69, 9.17) is 14.0 Å². The lowest BCUT2D eigenvalue weighted by Crippen LogP contribution is -2.35. The maximum atomic E-state index is 5.67. The van der Waals surface area contributed by atoms with Crippen molar-refractivity contribution in [3.8, 4) is 0 Å². The molecule has 6 heteroatoms. The van der Waals surface area contributed by atoms with E-state index in [2.05, 4.69) is 29.3 Å². The molecule has 1 rings (SSSR count). The van der Waals surface area contributed by atoms with Crippen molar-refractivity contribution < 1.29 is 14.0 Å². The zero-order valence-electron chi connectivity index (χ0n) is 13.7. The van der Waals surface area contributed by atoms with Gasteiger partial charge in [-0.15, -0.1) is 0 Å². The number of ether oxygens (including phenoxy) is 2. The Morgan fingerprint density at radius 1 is 1.24 bits per heavy atom. The van der Waals surface area contributed by atoms with Crippen molar-refractivity contribution in [3.63, 3.8) is 0 Å². The lowest BCUT2D eigenvalue weighted by molar-refractivity contribution is 0.0477. The number of hydrogen-bond donors (Lipinski definition) is 1. The zero-order valence-corrected chi connectivity index (χ0v) is 13.7. The van der Waals surface area contributed by atoms with Crippen LogP contribution in [0.4, 0.5) is 0 Å². The van der Waals surface area contributed by atoms with Gasteiger partial charge < -0.3 is 19.3 Å². The number of rotatable bonds is 12. The SMILES string of the molecule is CCCNC(COC)Cc1nc(C(CCC)OCC)no1. The van der Waals surface area contributed by atoms with E-state index in [0.29, 0.717) is 31.3 Å². The monoisotopic (exact) mass is 299 g/mol. The summed E-state index contributed by atoms with van der Waals surface area (Å²) in [6.45, 7) is 8.47. The van der Waals surface area contributed by atoms with Crippen molar-refractivity contribution in [1.29, 1.82) is 0 Å². The molecule has 1 aromatic rings. The Kier molecular flexibility index (Phi) is 9.21. The molecule has 1 aromatic heterocycles. The van der Waals surface area contributed by atoms with E-state index in [1.807, 2.05) is 6.92 Å². The minimum absolute atomic E-state index is 0.0676. The highest BCUT2D eigenvalue weighted by Crippen LogP contribution is 2.20. The quantitative estimate of drug-likeness (QED) is 0.639. The Labute approximate surface area is 127 Å². The van der Waals surface area contributed by atoms with Gasteiger partial charge in [-0.25, -0.2) is 0 Å². The van der Waals surface area contributed by atoms with Gasteiger partial charge in [0.25, 0.3) is 0 Å². The molecule has 21 heavy (non-hydrogen) atoms. The highest BCUT2D eigenvalue weighted by molar-refractivity contribution is 4.93. The van der Waals surface area contributed by atoms with Crippen LogP contribution in [-0.2, 0) is 15.9 Å². The second-order valence-corrected chi connectivity index (χ2v) is 5.09. The molecule has 0 aliphatic rings. The number of nitrogens with zero attached hydrogens (tertiary/aromatic N) is 2. The highest BCUT2D eigenvalue weighted by Gasteiger charge is 2.19. The van der Waals surface area contributed by atoms with E-state index < -0.39 is 0 Å². The molecular weight excluding hydrogens is 270 g/mol. The normalized spacial score (nSPS) is 14.3. The van der Waals surface area contributed by atoms with Crippen molar-refractivity contribution in [2.75, 3.05) is 26.9 Å². The van der Waals surface area contributed by atoms with Gasteiger partial charge in [0.05, 0.1) is 6.61 Å². The number of aromatic nitrogens is 2. The molecular formula is C15H29N3O3. The molecule has 0 amide bonds. The Balaban J connectivity index is 2.62. The molecule has 0 saturated carbocycles. The fourth-order valence-corrected chi connectivity index (χ4v) is 2.18. The van der Waals surface area contributed by atoms with Crippen LogP contribution in [0.1, 0.15) is 57.9 Å². The van der Waals surface area contributed by atoms with E-state index >= 15 is 0 Å². The van der Waals surface area contributed by atoms with Crippen molar-refractivity contribution in [1.82, 2.24) is 15.5 Å². The molecule has 0 bridgehead atoms. The van der Waals surface area contributed by atoms with Gasteiger partial charge in [0, 0.05) is 26.2 Å². The van der Waals surface area contributed by atoms with Crippen LogP contribution in [0.5, 0.6) is 0 Å². The summed E-state index contributed by atoms with van der Waals surface area (Å²) in [6, 6.07) is 0.194. The van der Waals surface area contributed by atoms with Crippen molar-refractivity contribution in [3.05, 3.63) is 11.7 Å².